The Kier molecular flexibility index (Phi) is 5.87. The van der Waals surface area contributed by atoms with Crippen molar-refractivity contribution >= 4 is 27.3 Å². The van der Waals surface area contributed by atoms with E-state index in [0.717, 1.165) is 19.4 Å². The quantitative estimate of drug-likeness (QED) is 0.762. The van der Waals surface area contributed by atoms with E-state index >= 15 is 0 Å². The summed E-state index contributed by atoms with van der Waals surface area (Å²) in [7, 11) is -3.38. The maximum absolute atomic E-state index is 12.9. The van der Waals surface area contributed by atoms with E-state index in [-0.39, 0.29) is 5.91 Å². The van der Waals surface area contributed by atoms with Gasteiger partial charge in [-0.1, -0.05) is 18.9 Å². The molecule has 3 fully saturated rings. The molecule has 1 aromatic rings. The second kappa shape index (κ2) is 8.19. The second-order valence-corrected chi connectivity index (χ2v) is 11.1. The number of rotatable bonds is 4. The lowest BCUT2D eigenvalue weighted by molar-refractivity contribution is -0.139. The minimum atomic E-state index is -3.38. The molecule has 0 radical (unpaired) electrons. The summed E-state index contributed by atoms with van der Waals surface area (Å²) in [5.74, 6) is 0.936. The van der Waals surface area contributed by atoms with Gasteiger partial charge in [-0.25, -0.2) is 8.42 Å². The van der Waals surface area contributed by atoms with Crippen molar-refractivity contribution in [3.8, 4) is 0 Å². The zero-order chi connectivity index (χ0) is 18.9. The van der Waals surface area contributed by atoms with Crippen molar-refractivity contribution in [1.29, 1.82) is 0 Å². The van der Waals surface area contributed by atoms with Gasteiger partial charge in [0.25, 0.3) is 10.0 Å². The topological polar surface area (TPSA) is 60.9 Å². The highest BCUT2D eigenvalue weighted by Gasteiger charge is 2.36. The molecule has 6 nitrogen and oxygen atoms in total. The highest BCUT2D eigenvalue weighted by Crippen LogP contribution is 2.35. The maximum Gasteiger partial charge on any atom is 0.252 e. The smallest absolute Gasteiger partial charge is 0.252 e. The first-order chi connectivity index (χ1) is 13.1. The SMILES string of the molecule is O=C(CN1CCN(S(=O)(=O)c2cccs2)CC1)N1CCC[C@@H]2CCCC[C@H]21. The Morgan fingerprint density at radius 1 is 1.04 bits per heavy atom. The molecular formula is C19H29N3O3S2. The first-order valence-corrected chi connectivity index (χ1v) is 12.4. The van der Waals surface area contributed by atoms with Crippen LogP contribution in [-0.4, -0.2) is 73.7 Å². The number of hydrogen-bond acceptors (Lipinski definition) is 5. The molecular weight excluding hydrogens is 382 g/mol. The number of fused-ring (bicyclic) bond motifs is 1. The lowest BCUT2D eigenvalue weighted by atomic mass is 9.78. The van der Waals surface area contributed by atoms with Crippen LogP contribution in [0.2, 0.25) is 0 Å². The van der Waals surface area contributed by atoms with Gasteiger partial charge in [-0.3, -0.25) is 9.69 Å². The van der Waals surface area contributed by atoms with E-state index in [4.69, 9.17) is 0 Å². The molecule has 0 spiro atoms. The molecule has 0 N–H and O–H groups in total. The number of amides is 1. The Hall–Kier alpha value is -0.960. The summed E-state index contributed by atoms with van der Waals surface area (Å²) in [6, 6.07) is 3.87. The predicted octanol–water partition coefficient (Wildman–Crippen LogP) is 2.24. The van der Waals surface area contributed by atoms with Crippen LogP contribution in [0.5, 0.6) is 0 Å². The van der Waals surface area contributed by atoms with Crippen LogP contribution < -0.4 is 0 Å². The average molecular weight is 412 g/mol. The van der Waals surface area contributed by atoms with Gasteiger partial charge in [0.15, 0.2) is 0 Å². The Labute approximate surface area is 166 Å². The number of hydrogen-bond donors (Lipinski definition) is 0. The number of piperidine rings is 1. The summed E-state index contributed by atoms with van der Waals surface area (Å²) in [6.07, 6.45) is 7.37. The van der Waals surface area contributed by atoms with Crippen molar-refractivity contribution in [1.82, 2.24) is 14.1 Å². The first kappa shape index (κ1) is 19.4. The van der Waals surface area contributed by atoms with Gasteiger partial charge in [0, 0.05) is 38.8 Å². The second-order valence-electron chi connectivity index (χ2n) is 7.95. The molecule has 1 aromatic heterocycles. The molecule has 0 bridgehead atoms. The van der Waals surface area contributed by atoms with E-state index in [0.29, 0.717) is 48.9 Å². The Balaban J connectivity index is 1.32. The highest BCUT2D eigenvalue weighted by molar-refractivity contribution is 7.91. The number of carbonyl (C=O) groups is 1. The fourth-order valence-corrected chi connectivity index (χ4v) is 7.45. The molecule has 2 atom stereocenters. The van der Waals surface area contributed by atoms with Crippen molar-refractivity contribution in [2.75, 3.05) is 39.3 Å². The van der Waals surface area contributed by atoms with Gasteiger partial charge in [0.05, 0.1) is 6.54 Å². The number of nitrogens with zero attached hydrogens (tertiary/aromatic N) is 3. The first-order valence-electron chi connectivity index (χ1n) is 10.1. The van der Waals surface area contributed by atoms with Crippen molar-refractivity contribution in [3.05, 3.63) is 17.5 Å². The minimum absolute atomic E-state index is 0.237. The highest BCUT2D eigenvalue weighted by atomic mass is 32.2. The summed E-state index contributed by atoms with van der Waals surface area (Å²) in [5, 5.41) is 1.79. The zero-order valence-electron chi connectivity index (χ0n) is 15.8. The van der Waals surface area contributed by atoms with Crippen LogP contribution in [0.15, 0.2) is 21.7 Å². The van der Waals surface area contributed by atoms with E-state index in [1.54, 1.807) is 21.8 Å². The molecule has 150 valence electrons. The molecule has 2 saturated heterocycles. The Morgan fingerprint density at radius 3 is 2.52 bits per heavy atom. The largest absolute Gasteiger partial charge is 0.338 e. The zero-order valence-corrected chi connectivity index (χ0v) is 17.4. The van der Waals surface area contributed by atoms with Crippen LogP contribution in [-0.2, 0) is 14.8 Å². The molecule has 4 rings (SSSR count). The molecule has 0 unspecified atom stereocenters. The molecule has 1 saturated carbocycles. The van der Waals surface area contributed by atoms with E-state index in [1.807, 2.05) is 0 Å². The molecule has 1 aliphatic carbocycles. The standard InChI is InChI=1S/C19H29N3O3S2/c23-18(22-9-3-6-16-5-1-2-7-17(16)22)15-20-10-12-21(13-11-20)27(24,25)19-8-4-14-26-19/h4,8,14,16-17H,1-3,5-7,9-13,15H2/t16-,17+/m0/s1. The van der Waals surface area contributed by atoms with Crippen molar-refractivity contribution in [3.63, 3.8) is 0 Å². The van der Waals surface area contributed by atoms with Crippen molar-refractivity contribution in [2.45, 2.75) is 48.8 Å². The summed E-state index contributed by atoms with van der Waals surface area (Å²) in [6.45, 7) is 3.48. The Bertz CT molecular complexity index is 740. The molecule has 0 aromatic carbocycles. The fourth-order valence-electron chi connectivity index (χ4n) is 4.88. The minimum Gasteiger partial charge on any atom is -0.338 e. The number of likely N-dealkylation sites (tertiary alicyclic amines) is 1. The van der Waals surface area contributed by atoms with Gasteiger partial charge in [-0.15, -0.1) is 11.3 Å². The summed E-state index contributed by atoms with van der Waals surface area (Å²) in [4.78, 5) is 17.2. The number of piperazine rings is 1. The summed E-state index contributed by atoms with van der Waals surface area (Å²) < 4.78 is 27.2. The van der Waals surface area contributed by atoms with Gasteiger partial charge < -0.3 is 4.90 Å². The van der Waals surface area contributed by atoms with E-state index in [2.05, 4.69) is 9.80 Å². The lowest BCUT2D eigenvalue weighted by Gasteiger charge is -2.45. The third-order valence-corrected chi connectivity index (χ3v) is 9.61. The van der Waals surface area contributed by atoms with Crippen LogP contribution >= 0.6 is 11.3 Å². The third kappa shape index (κ3) is 4.09. The van der Waals surface area contributed by atoms with Crippen LogP contribution in [0.3, 0.4) is 0 Å². The summed E-state index contributed by atoms with van der Waals surface area (Å²) in [5.41, 5.74) is 0. The third-order valence-electron chi connectivity index (χ3n) is 6.34. The van der Waals surface area contributed by atoms with Crippen LogP contribution in [0.25, 0.3) is 0 Å². The Morgan fingerprint density at radius 2 is 1.78 bits per heavy atom. The molecule has 2 aliphatic heterocycles. The van der Waals surface area contributed by atoms with Crippen LogP contribution in [0, 0.1) is 5.92 Å². The maximum atomic E-state index is 12.9. The lowest BCUT2D eigenvalue weighted by Crippen LogP contribution is -2.55. The molecule has 1 amide bonds. The van der Waals surface area contributed by atoms with Crippen LogP contribution in [0.4, 0.5) is 0 Å². The molecule has 3 heterocycles. The van der Waals surface area contributed by atoms with Gasteiger partial charge in [-0.2, -0.15) is 4.31 Å². The predicted molar refractivity (Wildman–Crippen MR) is 106 cm³/mol. The fraction of sp³-hybridized carbons (Fsp3) is 0.737. The van der Waals surface area contributed by atoms with Crippen molar-refractivity contribution < 1.29 is 13.2 Å². The van der Waals surface area contributed by atoms with E-state index in [1.165, 1.54) is 37.0 Å². The number of carbonyl (C=O) groups excluding carboxylic acids is 1. The molecule has 27 heavy (non-hydrogen) atoms. The van der Waals surface area contributed by atoms with Crippen LogP contribution in [0.1, 0.15) is 38.5 Å². The van der Waals surface area contributed by atoms with Gasteiger partial charge >= 0.3 is 0 Å². The van der Waals surface area contributed by atoms with E-state index < -0.39 is 10.0 Å². The van der Waals surface area contributed by atoms with Crippen molar-refractivity contribution in [2.24, 2.45) is 5.92 Å². The van der Waals surface area contributed by atoms with E-state index in [9.17, 15) is 13.2 Å². The van der Waals surface area contributed by atoms with Gasteiger partial charge in [0.1, 0.15) is 4.21 Å². The number of sulfonamides is 1. The van der Waals surface area contributed by atoms with Gasteiger partial charge in [0.2, 0.25) is 5.91 Å². The number of thiophene rings is 1. The average Bonchev–Trinajstić information content (AvgIpc) is 3.24. The van der Waals surface area contributed by atoms with Gasteiger partial charge in [-0.05, 0) is 43.0 Å². The summed E-state index contributed by atoms with van der Waals surface area (Å²) >= 11 is 1.26. The monoisotopic (exact) mass is 411 g/mol. The normalized spacial score (nSPS) is 28.1. The molecule has 8 heteroatoms. The molecule has 3 aliphatic rings.